The van der Waals surface area contributed by atoms with E-state index in [2.05, 4.69) is 15.9 Å². The van der Waals surface area contributed by atoms with E-state index in [9.17, 15) is 9.59 Å². The molecule has 0 N–H and O–H groups in total. The molecule has 4 aliphatic carbocycles. The largest absolute Gasteiger partial charge is 0.274 e. The number of halogens is 1. The number of amides is 2. The number of benzene rings is 2. The Bertz CT molecular complexity index is 920. The maximum Gasteiger partial charge on any atom is 0.238 e. The Morgan fingerprint density at radius 2 is 1.40 bits per heavy atom. The Kier molecular flexibility index (Phi) is 2.74. The summed E-state index contributed by atoms with van der Waals surface area (Å²) in [7, 11) is 0. The van der Waals surface area contributed by atoms with Crippen LogP contribution in [0.15, 0.2) is 40.9 Å². The quantitative estimate of drug-likeness (QED) is 0.671. The average Bonchev–Trinajstić information content (AvgIpc) is 3.41. The lowest BCUT2D eigenvalue weighted by Crippen LogP contribution is -2.43. The zero-order valence-electron chi connectivity index (χ0n) is 13.7. The Labute approximate surface area is 154 Å². The van der Waals surface area contributed by atoms with Crippen molar-refractivity contribution in [3.63, 3.8) is 0 Å². The lowest BCUT2D eigenvalue weighted by Gasteiger charge is -2.42. The molecule has 7 rings (SSSR count). The summed E-state index contributed by atoms with van der Waals surface area (Å²) in [6, 6.07) is 11.9. The van der Waals surface area contributed by atoms with E-state index >= 15 is 0 Å². The highest BCUT2D eigenvalue weighted by molar-refractivity contribution is 9.10. The van der Waals surface area contributed by atoms with E-state index < -0.39 is 0 Å². The first-order chi connectivity index (χ1) is 12.2. The van der Waals surface area contributed by atoms with E-state index in [-0.39, 0.29) is 23.7 Å². The van der Waals surface area contributed by atoms with Crippen LogP contribution in [-0.4, -0.2) is 11.8 Å². The number of anilines is 1. The number of imide groups is 1. The molecule has 0 spiro atoms. The predicted molar refractivity (Wildman–Crippen MR) is 98.9 cm³/mol. The van der Waals surface area contributed by atoms with Crippen molar-refractivity contribution in [2.45, 2.75) is 19.3 Å². The van der Waals surface area contributed by atoms with E-state index in [0.717, 1.165) is 45.6 Å². The highest BCUT2D eigenvalue weighted by atomic mass is 79.9. The lowest BCUT2D eigenvalue weighted by atomic mass is 9.59. The number of hydrogen-bond acceptors (Lipinski definition) is 2. The lowest BCUT2D eigenvalue weighted by molar-refractivity contribution is -0.129. The first-order valence-electron chi connectivity index (χ1n) is 9.22. The van der Waals surface area contributed by atoms with Gasteiger partial charge in [0.05, 0.1) is 17.5 Å². The Hall–Kier alpha value is -1.68. The summed E-state index contributed by atoms with van der Waals surface area (Å²) in [5, 5.41) is 2.01. The van der Waals surface area contributed by atoms with Crippen LogP contribution in [0.2, 0.25) is 0 Å². The van der Waals surface area contributed by atoms with Crippen LogP contribution in [0.1, 0.15) is 19.3 Å². The van der Waals surface area contributed by atoms with Crippen LogP contribution in [0.25, 0.3) is 10.8 Å². The maximum atomic E-state index is 13.3. The molecular formula is C21H18BrNO2. The number of hydrogen-bond donors (Lipinski definition) is 0. The van der Waals surface area contributed by atoms with Crippen molar-refractivity contribution in [3.8, 4) is 0 Å². The number of nitrogens with zero attached hydrogens (tertiary/aromatic N) is 1. The summed E-state index contributed by atoms with van der Waals surface area (Å²) in [5.41, 5.74) is 0.760. The van der Waals surface area contributed by atoms with Gasteiger partial charge in [0, 0.05) is 9.86 Å². The molecule has 1 saturated heterocycles. The molecule has 126 valence electrons. The molecule has 6 atom stereocenters. The van der Waals surface area contributed by atoms with E-state index in [0.29, 0.717) is 11.8 Å². The number of carbonyl (C=O) groups is 2. The molecular weight excluding hydrogens is 378 g/mol. The van der Waals surface area contributed by atoms with Crippen molar-refractivity contribution >= 4 is 44.2 Å². The number of fused-ring (bicyclic) bond motifs is 2. The molecule has 2 aromatic rings. The first kappa shape index (κ1) is 14.5. The molecule has 5 aliphatic rings. The summed E-state index contributed by atoms with van der Waals surface area (Å²) in [6.45, 7) is 0. The van der Waals surface area contributed by atoms with Gasteiger partial charge in [-0.25, -0.2) is 4.90 Å². The van der Waals surface area contributed by atoms with Crippen molar-refractivity contribution in [1.29, 1.82) is 0 Å². The highest BCUT2D eigenvalue weighted by Crippen LogP contribution is 2.68. The van der Waals surface area contributed by atoms with Gasteiger partial charge in [0.25, 0.3) is 0 Å². The van der Waals surface area contributed by atoms with Crippen LogP contribution in [-0.2, 0) is 9.59 Å². The van der Waals surface area contributed by atoms with Crippen molar-refractivity contribution in [1.82, 2.24) is 0 Å². The summed E-state index contributed by atoms with van der Waals surface area (Å²) < 4.78 is 0.990. The van der Waals surface area contributed by atoms with Crippen molar-refractivity contribution in [2.75, 3.05) is 4.90 Å². The molecule has 2 amide bonds. The third kappa shape index (κ3) is 1.71. The van der Waals surface area contributed by atoms with E-state index in [1.807, 2.05) is 36.4 Å². The molecule has 4 saturated carbocycles. The molecule has 4 heteroatoms. The van der Waals surface area contributed by atoms with Crippen LogP contribution in [0.4, 0.5) is 5.69 Å². The fraction of sp³-hybridized carbons (Fsp3) is 0.429. The van der Waals surface area contributed by atoms with Gasteiger partial charge in [0.1, 0.15) is 0 Å². The zero-order valence-corrected chi connectivity index (χ0v) is 15.3. The van der Waals surface area contributed by atoms with E-state index in [4.69, 9.17) is 0 Å². The fourth-order valence-electron chi connectivity index (χ4n) is 6.22. The summed E-state index contributed by atoms with van der Waals surface area (Å²) in [6.07, 6.45) is 3.53. The first-order valence-corrected chi connectivity index (χ1v) is 10.0. The van der Waals surface area contributed by atoms with Crippen molar-refractivity contribution in [3.05, 3.63) is 40.9 Å². The van der Waals surface area contributed by atoms with E-state index in [1.165, 1.54) is 11.3 Å². The molecule has 1 heterocycles. The predicted octanol–water partition coefficient (Wildman–Crippen LogP) is 4.38. The third-order valence-electron chi connectivity index (χ3n) is 7.23. The minimum absolute atomic E-state index is 0.0579. The van der Waals surface area contributed by atoms with Gasteiger partial charge >= 0.3 is 0 Å². The molecule has 0 aromatic heterocycles. The minimum atomic E-state index is -0.0580. The van der Waals surface area contributed by atoms with Gasteiger partial charge in [-0.2, -0.15) is 0 Å². The molecule has 2 bridgehead atoms. The van der Waals surface area contributed by atoms with Gasteiger partial charge in [-0.1, -0.05) is 40.2 Å². The van der Waals surface area contributed by atoms with Crippen molar-refractivity contribution < 1.29 is 9.59 Å². The van der Waals surface area contributed by atoms with Crippen LogP contribution in [0, 0.1) is 35.5 Å². The topological polar surface area (TPSA) is 37.4 Å². The van der Waals surface area contributed by atoms with Gasteiger partial charge in [-0.3, -0.25) is 9.59 Å². The second-order valence-corrected chi connectivity index (χ2v) is 9.00. The Morgan fingerprint density at radius 1 is 0.800 bits per heavy atom. The number of carbonyl (C=O) groups excluding carboxylic acids is 2. The Morgan fingerprint density at radius 3 is 2.04 bits per heavy atom. The van der Waals surface area contributed by atoms with Crippen molar-refractivity contribution in [2.24, 2.45) is 35.5 Å². The third-order valence-corrected chi connectivity index (χ3v) is 7.93. The summed E-state index contributed by atoms with van der Waals surface area (Å²) in [5.74, 6) is 2.34. The standard InChI is InChI=1S/C21H18BrNO2/c22-16-7-8-17(11-4-2-1-3-10(11)16)23-20(24)18-12-5-6-13(15-9-14(12)15)19(18)21(23)25/h1-4,7-8,12-15,18-19H,5-6,9H2/t12-,13+,14-,15+,18-,19+. The molecule has 0 radical (unpaired) electrons. The molecule has 1 aliphatic heterocycles. The van der Waals surface area contributed by atoms with Gasteiger partial charge in [0.2, 0.25) is 11.8 Å². The molecule has 2 aromatic carbocycles. The average molecular weight is 396 g/mol. The van der Waals surface area contributed by atoms with Gasteiger partial charge in [-0.05, 0) is 60.5 Å². The smallest absolute Gasteiger partial charge is 0.238 e. The maximum absolute atomic E-state index is 13.3. The monoisotopic (exact) mass is 395 g/mol. The second-order valence-electron chi connectivity index (χ2n) is 8.14. The van der Waals surface area contributed by atoms with Crippen LogP contribution in [0.5, 0.6) is 0 Å². The summed E-state index contributed by atoms with van der Waals surface area (Å²) >= 11 is 3.59. The van der Waals surface area contributed by atoms with Crippen LogP contribution >= 0.6 is 15.9 Å². The molecule has 0 unspecified atom stereocenters. The normalized spacial score (nSPS) is 38.2. The van der Waals surface area contributed by atoms with Crippen LogP contribution < -0.4 is 4.90 Å². The highest BCUT2D eigenvalue weighted by Gasteiger charge is 2.68. The number of rotatable bonds is 1. The minimum Gasteiger partial charge on any atom is -0.274 e. The molecule has 5 fully saturated rings. The molecule has 3 nitrogen and oxygen atoms in total. The zero-order chi connectivity index (χ0) is 16.9. The van der Waals surface area contributed by atoms with Gasteiger partial charge < -0.3 is 0 Å². The second kappa shape index (κ2) is 4.73. The van der Waals surface area contributed by atoms with Crippen LogP contribution in [0.3, 0.4) is 0 Å². The van der Waals surface area contributed by atoms with Gasteiger partial charge in [0.15, 0.2) is 0 Å². The molecule has 25 heavy (non-hydrogen) atoms. The SMILES string of the molecule is O=C1[C@@H]2[C@@H]3CC[C@@H]([C@@H]4C[C@@H]43)[C@@H]2C(=O)N1c1ccc(Br)c2ccccc12. The fourth-order valence-corrected chi connectivity index (χ4v) is 6.69. The Balaban J connectivity index is 1.51. The van der Waals surface area contributed by atoms with Gasteiger partial charge in [-0.15, -0.1) is 0 Å². The van der Waals surface area contributed by atoms with E-state index in [1.54, 1.807) is 0 Å². The summed E-state index contributed by atoms with van der Waals surface area (Å²) in [4.78, 5) is 28.2.